The smallest absolute Gasteiger partial charge is 0.462 e. The quantitative estimate of drug-likeness (QED) is 0.0264. The van der Waals surface area contributed by atoms with Gasteiger partial charge in [0, 0.05) is 19.4 Å². The molecule has 0 rings (SSSR count). The van der Waals surface area contributed by atoms with Crippen molar-refractivity contribution >= 4 is 19.8 Å². The Balaban J connectivity index is 3.87. The second-order valence-corrected chi connectivity index (χ2v) is 22.7. The first-order chi connectivity index (χ1) is 34.8. The summed E-state index contributed by atoms with van der Waals surface area (Å²) in [5, 5.41) is 0. The highest BCUT2D eigenvalue weighted by Crippen LogP contribution is 2.43. The first-order valence-electron chi connectivity index (χ1n) is 31.2. The van der Waals surface area contributed by atoms with E-state index in [1.54, 1.807) is 0 Å². The van der Waals surface area contributed by atoms with E-state index in [1.165, 1.54) is 270 Å². The van der Waals surface area contributed by atoms with Crippen molar-refractivity contribution in [1.29, 1.82) is 0 Å². The van der Waals surface area contributed by atoms with Crippen LogP contribution >= 0.6 is 7.82 Å². The van der Waals surface area contributed by atoms with E-state index in [-0.39, 0.29) is 38.6 Å². The normalized spacial score (nSPS) is 13.0. The Morgan fingerprint density at radius 3 is 1.00 bits per heavy atom. The van der Waals surface area contributed by atoms with Gasteiger partial charge in [0.2, 0.25) is 0 Å². The zero-order chi connectivity index (χ0) is 51.7. The van der Waals surface area contributed by atoms with E-state index in [2.05, 4.69) is 26.0 Å². The highest BCUT2D eigenvalue weighted by atomic mass is 31.2. The topological polar surface area (TPSA) is 134 Å². The minimum absolute atomic E-state index is 0.0575. The molecule has 9 nitrogen and oxygen atoms in total. The van der Waals surface area contributed by atoms with Crippen molar-refractivity contribution in [2.45, 2.75) is 341 Å². The first-order valence-corrected chi connectivity index (χ1v) is 32.7. The lowest BCUT2D eigenvalue weighted by molar-refractivity contribution is -0.161. The average molecular weight is 1030 g/mol. The van der Waals surface area contributed by atoms with Gasteiger partial charge in [-0.15, -0.1) is 0 Å². The van der Waals surface area contributed by atoms with E-state index in [1.807, 2.05) is 0 Å². The molecule has 0 aliphatic heterocycles. The van der Waals surface area contributed by atoms with Crippen molar-refractivity contribution in [2.24, 2.45) is 5.73 Å². The number of allylic oxidation sites excluding steroid dienone is 2. The van der Waals surface area contributed by atoms with Gasteiger partial charge < -0.3 is 20.1 Å². The van der Waals surface area contributed by atoms with E-state index >= 15 is 0 Å². The third-order valence-electron chi connectivity index (χ3n) is 14.2. The molecule has 0 aliphatic rings. The molecule has 0 fully saturated rings. The van der Waals surface area contributed by atoms with E-state index in [4.69, 9.17) is 24.3 Å². The summed E-state index contributed by atoms with van der Waals surface area (Å²) in [6, 6.07) is 0. The maximum atomic E-state index is 12.7. The fraction of sp³-hybridized carbons (Fsp3) is 0.934. The molecular weight excluding hydrogens is 906 g/mol. The van der Waals surface area contributed by atoms with E-state index < -0.39 is 26.5 Å². The summed E-state index contributed by atoms with van der Waals surface area (Å²) in [5.41, 5.74) is 5.39. The molecule has 71 heavy (non-hydrogen) atoms. The van der Waals surface area contributed by atoms with Crippen LogP contribution < -0.4 is 5.73 Å². The van der Waals surface area contributed by atoms with Crippen LogP contribution in [0.3, 0.4) is 0 Å². The van der Waals surface area contributed by atoms with Gasteiger partial charge >= 0.3 is 19.8 Å². The summed E-state index contributed by atoms with van der Waals surface area (Å²) in [5.74, 6) is -0.804. The monoisotopic (exact) mass is 1030 g/mol. The van der Waals surface area contributed by atoms with Gasteiger partial charge in [-0.25, -0.2) is 4.57 Å². The van der Waals surface area contributed by atoms with Gasteiger partial charge in [0.1, 0.15) is 6.61 Å². The summed E-state index contributed by atoms with van der Waals surface area (Å²) in [4.78, 5) is 35.2. The van der Waals surface area contributed by atoms with Gasteiger partial charge in [0.15, 0.2) is 6.10 Å². The molecule has 0 aromatic heterocycles. The van der Waals surface area contributed by atoms with Gasteiger partial charge in [-0.3, -0.25) is 18.6 Å². The van der Waals surface area contributed by atoms with Crippen LogP contribution in [0.1, 0.15) is 335 Å². The molecule has 0 radical (unpaired) electrons. The Bertz CT molecular complexity index is 1170. The van der Waals surface area contributed by atoms with Crippen molar-refractivity contribution in [3.05, 3.63) is 12.2 Å². The van der Waals surface area contributed by atoms with Crippen LogP contribution in [0.15, 0.2) is 12.2 Å². The Labute approximate surface area is 440 Å². The number of nitrogens with two attached hydrogens (primary N) is 1. The molecule has 0 aliphatic carbocycles. The van der Waals surface area contributed by atoms with Crippen molar-refractivity contribution in [3.8, 4) is 0 Å². The number of carbonyl (C=O) groups is 2. The lowest BCUT2D eigenvalue weighted by atomic mass is 10.0. The molecule has 0 saturated carbocycles. The van der Waals surface area contributed by atoms with Crippen molar-refractivity contribution in [1.82, 2.24) is 0 Å². The molecule has 3 N–H and O–H groups in total. The molecule has 0 aromatic rings. The minimum Gasteiger partial charge on any atom is -0.462 e. The van der Waals surface area contributed by atoms with Crippen LogP contribution in [0.25, 0.3) is 0 Å². The maximum Gasteiger partial charge on any atom is 0.472 e. The average Bonchev–Trinajstić information content (AvgIpc) is 3.36. The van der Waals surface area contributed by atoms with Crippen molar-refractivity contribution < 1.29 is 37.6 Å². The number of hydrogen-bond acceptors (Lipinski definition) is 8. The second-order valence-electron chi connectivity index (χ2n) is 21.3. The summed E-state index contributed by atoms with van der Waals surface area (Å²) >= 11 is 0. The van der Waals surface area contributed by atoms with Crippen LogP contribution in [0.5, 0.6) is 0 Å². The number of esters is 2. The minimum atomic E-state index is -4.38. The lowest BCUT2D eigenvalue weighted by Gasteiger charge is -2.19. The fourth-order valence-electron chi connectivity index (χ4n) is 9.52. The second kappa shape index (κ2) is 58.0. The largest absolute Gasteiger partial charge is 0.472 e. The van der Waals surface area contributed by atoms with Crippen LogP contribution in [0, 0.1) is 0 Å². The van der Waals surface area contributed by atoms with E-state index in [9.17, 15) is 19.0 Å². The number of phosphoric acid groups is 1. The third kappa shape index (κ3) is 57.9. The summed E-state index contributed by atoms with van der Waals surface area (Å²) in [7, 11) is -4.38. The van der Waals surface area contributed by atoms with Crippen LogP contribution in [-0.4, -0.2) is 49.3 Å². The Morgan fingerprint density at radius 2 is 0.690 bits per heavy atom. The number of carbonyl (C=O) groups excluding carboxylic acids is 2. The van der Waals surface area contributed by atoms with Crippen LogP contribution in [0.4, 0.5) is 0 Å². The molecule has 422 valence electrons. The molecule has 10 heteroatoms. The molecule has 0 spiro atoms. The third-order valence-corrected chi connectivity index (χ3v) is 15.1. The van der Waals surface area contributed by atoms with Gasteiger partial charge in [0.25, 0.3) is 0 Å². The van der Waals surface area contributed by atoms with Crippen LogP contribution in [-0.2, 0) is 32.7 Å². The summed E-state index contributed by atoms with van der Waals surface area (Å²) in [6.07, 6.45) is 67.1. The molecule has 2 atom stereocenters. The Kier molecular flexibility index (Phi) is 57.0. The lowest BCUT2D eigenvalue weighted by Crippen LogP contribution is -2.29. The summed E-state index contributed by atoms with van der Waals surface area (Å²) < 4.78 is 33.1. The number of ether oxygens (including phenoxy) is 2. The number of phosphoric ester groups is 1. The Morgan fingerprint density at radius 1 is 0.408 bits per heavy atom. The molecule has 0 saturated heterocycles. The van der Waals surface area contributed by atoms with Crippen LogP contribution in [0.2, 0.25) is 0 Å². The number of rotatable bonds is 60. The fourth-order valence-corrected chi connectivity index (χ4v) is 10.3. The predicted molar refractivity (Wildman–Crippen MR) is 303 cm³/mol. The van der Waals surface area contributed by atoms with Gasteiger partial charge in [-0.2, -0.15) is 0 Å². The predicted octanol–water partition coefficient (Wildman–Crippen LogP) is 19.6. The Hall–Kier alpha value is -1.25. The maximum absolute atomic E-state index is 12.7. The highest BCUT2D eigenvalue weighted by molar-refractivity contribution is 7.47. The van der Waals surface area contributed by atoms with E-state index in [0.717, 1.165) is 32.1 Å². The molecule has 0 bridgehead atoms. The zero-order valence-electron chi connectivity index (χ0n) is 47.2. The van der Waals surface area contributed by atoms with Gasteiger partial charge in [0.05, 0.1) is 13.2 Å². The summed E-state index contributed by atoms with van der Waals surface area (Å²) in [6.45, 7) is 3.82. The SMILES string of the molecule is CCCCCCCCCC/C=C\CCCCCCCCCCCCCCCCCCCC(=O)OC(COC(=O)CCCCCCCCCCCCCCCCCCCCCCC)COP(=O)(O)OCCN. The highest BCUT2D eigenvalue weighted by Gasteiger charge is 2.26. The van der Waals surface area contributed by atoms with Crippen molar-refractivity contribution in [2.75, 3.05) is 26.4 Å². The molecule has 2 unspecified atom stereocenters. The first kappa shape index (κ1) is 69.8. The van der Waals surface area contributed by atoms with Crippen molar-refractivity contribution in [3.63, 3.8) is 0 Å². The zero-order valence-corrected chi connectivity index (χ0v) is 48.1. The molecule has 0 amide bonds. The standard InChI is InChI=1S/C61H120NO8P/c1-3-5-7-9-11-13-15-17-19-21-23-25-26-27-28-29-30-31-32-34-36-38-40-42-44-46-48-50-52-54-61(64)70-59(58-69-71(65,66)68-56-55-62)57-67-60(63)53-51-49-47-45-43-41-39-37-35-33-24-22-20-18-16-14-12-10-8-6-4-2/h21,23,59H,3-20,22,24-58,62H2,1-2H3,(H,65,66)/b23-21-. The number of hydrogen-bond donors (Lipinski definition) is 2. The van der Waals surface area contributed by atoms with Gasteiger partial charge in [-0.05, 0) is 38.5 Å². The molecule has 0 aromatic carbocycles. The van der Waals surface area contributed by atoms with Gasteiger partial charge in [-0.1, -0.05) is 296 Å². The molecule has 0 heterocycles. The molecular formula is C61H120NO8P. The van der Waals surface area contributed by atoms with E-state index in [0.29, 0.717) is 6.42 Å². The number of unbranched alkanes of at least 4 members (excludes halogenated alkanes) is 45.